The molecule has 0 heterocycles. The summed E-state index contributed by atoms with van der Waals surface area (Å²) in [4.78, 5) is 22.0. The number of aromatic hydroxyl groups is 1. The summed E-state index contributed by atoms with van der Waals surface area (Å²) in [6, 6.07) is 8.85. The van der Waals surface area contributed by atoms with E-state index < -0.39 is 10.8 Å². The Hall–Kier alpha value is -3.22. The number of carbonyl (C=O) groups is 1. The van der Waals surface area contributed by atoms with Crippen LogP contribution in [0.2, 0.25) is 0 Å². The molecule has 0 aliphatic rings. The molecule has 124 valence electrons. The lowest BCUT2D eigenvalue weighted by atomic mass is 10.0. The highest BCUT2D eigenvalue weighted by atomic mass is 16.6. The molecule has 2 N–H and O–H groups in total. The molecular weight excluding hydrogens is 310 g/mol. The predicted octanol–water partition coefficient (Wildman–Crippen LogP) is 2.94. The van der Waals surface area contributed by atoms with E-state index in [4.69, 9.17) is 0 Å². The van der Waals surface area contributed by atoms with Crippen LogP contribution in [0.1, 0.15) is 34.0 Å². The molecule has 7 nitrogen and oxygen atoms in total. The van der Waals surface area contributed by atoms with Crippen LogP contribution in [-0.2, 0) is 6.42 Å². The maximum absolute atomic E-state index is 11.9. The third-order valence-electron chi connectivity index (χ3n) is 3.45. The van der Waals surface area contributed by atoms with Gasteiger partial charge in [0.15, 0.2) is 0 Å². The van der Waals surface area contributed by atoms with E-state index in [1.165, 1.54) is 30.5 Å². The van der Waals surface area contributed by atoms with Crippen LogP contribution in [0.5, 0.6) is 5.75 Å². The lowest BCUT2D eigenvalue weighted by Crippen LogP contribution is -2.17. The number of nitrogens with zero attached hydrogens (tertiary/aromatic N) is 2. The second-order valence-corrected chi connectivity index (χ2v) is 5.22. The molecule has 7 heteroatoms. The first-order valence-corrected chi connectivity index (χ1v) is 7.32. The highest BCUT2D eigenvalue weighted by Crippen LogP contribution is 2.23. The van der Waals surface area contributed by atoms with Crippen molar-refractivity contribution in [1.82, 2.24) is 5.43 Å². The Balaban J connectivity index is 2.10. The van der Waals surface area contributed by atoms with Gasteiger partial charge in [-0.05, 0) is 42.7 Å². The Bertz CT molecular complexity index is 798. The van der Waals surface area contributed by atoms with Gasteiger partial charge in [0, 0.05) is 23.3 Å². The molecule has 0 bridgehead atoms. The first-order chi connectivity index (χ1) is 11.4. The SMILES string of the molecule is CCc1cc(C)cc(/C=N/NC(=O)c2ccc([N+](=O)[O-])cc2)c1O. The minimum absolute atomic E-state index is 0.0909. The smallest absolute Gasteiger partial charge is 0.271 e. The number of nitro benzene ring substituents is 1. The Morgan fingerprint density at radius 2 is 2.00 bits per heavy atom. The summed E-state index contributed by atoms with van der Waals surface area (Å²) >= 11 is 0. The summed E-state index contributed by atoms with van der Waals surface area (Å²) < 4.78 is 0. The number of nitrogens with one attached hydrogen (secondary N) is 1. The highest BCUT2D eigenvalue weighted by Gasteiger charge is 2.09. The number of non-ortho nitro benzene ring substituents is 1. The third kappa shape index (κ3) is 3.95. The Morgan fingerprint density at radius 3 is 2.58 bits per heavy atom. The van der Waals surface area contributed by atoms with E-state index in [-0.39, 0.29) is 17.0 Å². The average molecular weight is 327 g/mol. The number of rotatable bonds is 5. The molecule has 24 heavy (non-hydrogen) atoms. The molecule has 1 amide bonds. The molecule has 0 saturated carbocycles. The van der Waals surface area contributed by atoms with Crippen molar-refractivity contribution in [2.24, 2.45) is 5.10 Å². The third-order valence-corrected chi connectivity index (χ3v) is 3.45. The fourth-order valence-electron chi connectivity index (χ4n) is 2.21. The van der Waals surface area contributed by atoms with Crippen LogP contribution >= 0.6 is 0 Å². The van der Waals surface area contributed by atoms with Gasteiger partial charge in [0.2, 0.25) is 0 Å². The first-order valence-electron chi connectivity index (χ1n) is 7.32. The van der Waals surface area contributed by atoms with Crippen LogP contribution in [0, 0.1) is 17.0 Å². The summed E-state index contributed by atoms with van der Waals surface area (Å²) in [6.45, 7) is 3.84. The van der Waals surface area contributed by atoms with E-state index in [1.807, 2.05) is 19.9 Å². The molecule has 0 aliphatic carbocycles. The van der Waals surface area contributed by atoms with Crippen molar-refractivity contribution in [2.75, 3.05) is 0 Å². The van der Waals surface area contributed by atoms with Crippen LogP contribution < -0.4 is 5.43 Å². The number of hydrazone groups is 1. The molecule has 2 aromatic carbocycles. The van der Waals surface area contributed by atoms with Gasteiger partial charge in [-0.3, -0.25) is 14.9 Å². The zero-order valence-electron chi connectivity index (χ0n) is 13.3. The topological polar surface area (TPSA) is 105 Å². The molecule has 0 unspecified atom stereocenters. The second kappa shape index (κ2) is 7.36. The van der Waals surface area contributed by atoms with Crippen LogP contribution in [0.4, 0.5) is 5.69 Å². The summed E-state index contributed by atoms with van der Waals surface area (Å²) in [5.41, 5.74) is 4.78. The highest BCUT2D eigenvalue weighted by molar-refractivity contribution is 5.95. The van der Waals surface area contributed by atoms with Crippen LogP contribution in [0.15, 0.2) is 41.5 Å². The number of amides is 1. The number of benzene rings is 2. The van der Waals surface area contributed by atoms with Crippen LogP contribution in [-0.4, -0.2) is 22.2 Å². The van der Waals surface area contributed by atoms with Crippen molar-refractivity contribution in [3.8, 4) is 5.75 Å². The molecule has 0 spiro atoms. The van der Waals surface area contributed by atoms with Crippen molar-refractivity contribution in [3.63, 3.8) is 0 Å². The maximum atomic E-state index is 11.9. The van der Waals surface area contributed by atoms with Crippen molar-refractivity contribution in [3.05, 3.63) is 68.8 Å². The maximum Gasteiger partial charge on any atom is 0.271 e. The van der Waals surface area contributed by atoms with Gasteiger partial charge in [0.25, 0.3) is 11.6 Å². The van der Waals surface area contributed by atoms with E-state index in [9.17, 15) is 20.0 Å². The summed E-state index contributed by atoms with van der Waals surface area (Å²) in [7, 11) is 0. The van der Waals surface area contributed by atoms with Gasteiger partial charge in [0.1, 0.15) is 5.75 Å². The Kier molecular flexibility index (Phi) is 5.26. The van der Waals surface area contributed by atoms with Gasteiger partial charge in [-0.2, -0.15) is 5.10 Å². The number of nitro groups is 1. The fourth-order valence-corrected chi connectivity index (χ4v) is 2.21. The molecule has 0 aliphatic heterocycles. The van der Waals surface area contributed by atoms with Crippen molar-refractivity contribution < 1.29 is 14.8 Å². The van der Waals surface area contributed by atoms with Gasteiger partial charge < -0.3 is 5.11 Å². The van der Waals surface area contributed by atoms with E-state index in [2.05, 4.69) is 10.5 Å². The number of phenolic OH excluding ortho intramolecular Hbond substituents is 1. The summed E-state index contributed by atoms with van der Waals surface area (Å²) in [6.07, 6.45) is 2.05. The minimum atomic E-state index is -0.536. The van der Waals surface area contributed by atoms with Gasteiger partial charge in [-0.25, -0.2) is 5.43 Å². The van der Waals surface area contributed by atoms with E-state index in [0.717, 1.165) is 11.1 Å². The molecule has 0 saturated heterocycles. The normalized spacial score (nSPS) is 10.8. The molecule has 0 aromatic heterocycles. The number of hydrogen-bond acceptors (Lipinski definition) is 5. The van der Waals surface area contributed by atoms with Crippen LogP contribution in [0.25, 0.3) is 0 Å². The van der Waals surface area contributed by atoms with Gasteiger partial charge in [0.05, 0.1) is 11.1 Å². The van der Waals surface area contributed by atoms with E-state index in [0.29, 0.717) is 12.0 Å². The lowest BCUT2D eigenvalue weighted by molar-refractivity contribution is -0.384. The second-order valence-electron chi connectivity index (χ2n) is 5.22. The van der Waals surface area contributed by atoms with Crippen molar-refractivity contribution in [1.29, 1.82) is 0 Å². The first kappa shape index (κ1) is 17.1. The summed E-state index contributed by atoms with van der Waals surface area (Å²) in [5.74, 6) is -0.361. The largest absolute Gasteiger partial charge is 0.507 e. The van der Waals surface area contributed by atoms with Gasteiger partial charge >= 0.3 is 0 Å². The quantitative estimate of drug-likeness (QED) is 0.500. The van der Waals surface area contributed by atoms with Crippen LogP contribution in [0.3, 0.4) is 0 Å². The van der Waals surface area contributed by atoms with E-state index in [1.54, 1.807) is 6.07 Å². The average Bonchev–Trinajstić information content (AvgIpc) is 2.57. The minimum Gasteiger partial charge on any atom is -0.507 e. The van der Waals surface area contributed by atoms with E-state index >= 15 is 0 Å². The lowest BCUT2D eigenvalue weighted by Gasteiger charge is -2.07. The Morgan fingerprint density at radius 1 is 1.33 bits per heavy atom. The van der Waals surface area contributed by atoms with Crippen molar-refractivity contribution in [2.45, 2.75) is 20.3 Å². The molecule has 2 rings (SSSR count). The van der Waals surface area contributed by atoms with Gasteiger partial charge in [-0.1, -0.05) is 13.0 Å². The number of hydrogen-bond donors (Lipinski definition) is 2. The number of phenols is 1. The monoisotopic (exact) mass is 327 g/mol. The standard InChI is InChI=1S/C17H17N3O4/c1-3-12-8-11(2)9-14(16(12)21)10-18-19-17(22)13-4-6-15(7-5-13)20(23)24/h4-10,21H,3H2,1-2H3,(H,19,22)/b18-10+. The zero-order chi connectivity index (χ0) is 17.7. The Labute approximate surface area is 138 Å². The molecule has 0 fully saturated rings. The molecule has 2 aromatic rings. The number of carbonyl (C=O) groups excluding carboxylic acids is 1. The molecular formula is C17H17N3O4. The predicted molar refractivity (Wildman–Crippen MR) is 90.4 cm³/mol. The molecule has 0 radical (unpaired) electrons. The van der Waals surface area contributed by atoms with Crippen molar-refractivity contribution >= 4 is 17.8 Å². The molecule has 0 atom stereocenters. The summed E-state index contributed by atoms with van der Waals surface area (Å²) in [5, 5.41) is 24.5. The van der Waals surface area contributed by atoms with Gasteiger partial charge in [-0.15, -0.1) is 0 Å². The fraction of sp³-hybridized carbons (Fsp3) is 0.176. The number of aryl methyl sites for hydroxylation is 2. The zero-order valence-corrected chi connectivity index (χ0v) is 13.3.